The van der Waals surface area contributed by atoms with Crippen LogP contribution in [0.25, 0.3) is 0 Å². The van der Waals surface area contributed by atoms with Gasteiger partial charge in [-0.25, -0.2) is 13.2 Å². The van der Waals surface area contributed by atoms with Gasteiger partial charge in [-0.2, -0.15) is 4.31 Å². The SMILES string of the molecule is COc1ccc(C(=O)O)cc1S(=O)(=O)N1CC(O)C1. The number of nitrogens with zero attached hydrogens (tertiary/aromatic N) is 1. The van der Waals surface area contributed by atoms with E-state index in [1.807, 2.05) is 0 Å². The molecule has 0 saturated carbocycles. The highest BCUT2D eigenvalue weighted by molar-refractivity contribution is 7.89. The van der Waals surface area contributed by atoms with Crippen molar-refractivity contribution in [3.63, 3.8) is 0 Å². The quantitative estimate of drug-likeness (QED) is 0.792. The van der Waals surface area contributed by atoms with Crippen molar-refractivity contribution in [2.75, 3.05) is 20.2 Å². The highest BCUT2D eigenvalue weighted by Crippen LogP contribution is 2.30. The summed E-state index contributed by atoms with van der Waals surface area (Å²) in [6.45, 7) is 0.00553. The lowest BCUT2D eigenvalue weighted by atomic mass is 10.2. The van der Waals surface area contributed by atoms with Crippen molar-refractivity contribution in [3.05, 3.63) is 23.8 Å². The van der Waals surface area contributed by atoms with Gasteiger partial charge in [-0.1, -0.05) is 0 Å². The average Bonchev–Trinajstić information content (AvgIpc) is 2.34. The summed E-state index contributed by atoms with van der Waals surface area (Å²) in [6.07, 6.45) is -0.677. The molecule has 19 heavy (non-hydrogen) atoms. The molecule has 0 amide bonds. The molecule has 104 valence electrons. The third-order valence-corrected chi connectivity index (χ3v) is 4.71. The maximum atomic E-state index is 12.3. The lowest BCUT2D eigenvalue weighted by Crippen LogP contribution is -2.53. The van der Waals surface area contributed by atoms with Crippen LogP contribution in [-0.4, -0.2) is 55.2 Å². The predicted octanol–water partition coefficient (Wildman–Crippen LogP) is -0.241. The van der Waals surface area contributed by atoms with Gasteiger partial charge in [-0.15, -0.1) is 0 Å². The van der Waals surface area contributed by atoms with Gasteiger partial charge in [0.15, 0.2) is 0 Å². The molecule has 0 aromatic heterocycles. The normalized spacial score (nSPS) is 16.9. The molecular formula is C11H13NO6S. The number of aliphatic hydroxyl groups is 1. The smallest absolute Gasteiger partial charge is 0.335 e. The minimum Gasteiger partial charge on any atom is -0.495 e. The zero-order valence-electron chi connectivity index (χ0n) is 10.1. The number of carboxylic acids is 1. The van der Waals surface area contributed by atoms with Crippen molar-refractivity contribution in [3.8, 4) is 5.75 Å². The van der Waals surface area contributed by atoms with Crippen LogP contribution >= 0.6 is 0 Å². The van der Waals surface area contributed by atoms with Crippen molar-refractivity contribution in [1.82, 2.24) is 4.31 Å². The Morgan fingerprint density at radius 3 is 2.53 bits per heavy atom. The topological polar surface area (TPSA) is 104 Å². The second kappa shape index (κ2) is 4.80. The van der Waals surface area contributed by atoms with Crippen LogP contribution in [0.3, 0.4) is 0 Å². The molecule has 2 N–H and O–H groups in total. The Hall–Kier alpha value is -1.64. The third kappa shape index (κ3) is 2.42. The minimum atomic E-state index is -3.85. The summed E-state index contributed by atoms with van der Waals surface area (Å²) in [5, 5.41) is 18.1. The molecule has 0 bridgehead atoms. The number of hydrogen-bond donors (Lipinski definition) is 2. The molecule has 1 aromatic carbocycles. The second-order valence-electron chi connectivity index (χ2n) is 4.15. The number of ether oxygens (including phenoxy) is 1. The molecular weight excluding hydrogens is 274 g/mol. The first-order valence-corrected chi connectivity index (χ1v) is 6.90. The summed E-state index contributed by atoms with van der Waals surface area (Å²) in [5.41, 5.74) is -0.138. The van der Waals surface area contributed by atoms with Gasteiger partial charge in [0.2, 0.25) is 10.0 Å². The molecule has 8 heteroatoms. The van der Waals surface area contributed by atoms with Crippen molar-refractivity contribution >= 4 is 16.0 Å². The number of carbonyl (C=O) groups is 1. The number of aliphatic hydroxyl groups excluding tert-OH is 1. The summed E-state index contributed by atoms with van der Waals surface area (Å²) in [4.78, 5) is 10.7. The van der Waals surface area contributed by atoms with Gasteiger partial charge < -0.3 is 14.9 Å². The number of rotatable bonds is 4. The molecule has 1 aromatic rings. The molecule has 2 rings (SSSR count). The molecule has 0 spiro atoms. The van der Waals surface area contributed by atoms with E-state index in [9.17, 15) is 13.2 Å². The maximum absolute atomic E-state index is 12.3. The van der Waals surface area contributed by atoms with Crippen molar-refractivity contribution in [1.29, 1.82) is 0 Å². The van der Waals surface area contributed by atoms with E-state index in [2.05, 4.69) is 0 Å². The second-order valence-corrected chi connectivity index (χ2v) is 6.05. The van der Waals surface area contributed by atoms with Crippen LogP contribution in [0.5, 0.6) is 5.75 Å². The minimum absolute atomic E-state index is 0.00276. The largest absolute Gasteiger partial charge is 0.495 e. The number of methoxy groups -OCH3 is 1. The van der Waals surface area contributed by atoms with Gasteiger partial charge in [0.05, 0.1) is 18.8 Å². The van der Waals surface area contributed by atoms with Gasteiger partial charge in [0.25, 0.3) is 0 Å². The number of benzene rings is 1. The summed E-state index contributed by atoms with van der Waals surface area (Å²) >= 11 is 0. The van der Waals surface area contributed by atoms with Crippen LogP contribution in [0.4, 0.5) is 0 Å². The fourth-order valence-electron chi connectivity index (χ4n) is 1.76. The highest BCUT2D eigenvalue weighted by Gasteiger charge is 2.37. The van der Waals surface area contributed by atoms with Gasteiger partial charge in [0.1, 0.15) is 10.6 Å². The fourth-order valence-corrected chi connectivity index (χ4v) is 3.46. The van der Waals surface area contributed by atoms with Crippen LogP contribution in [-0.2, 0) is 10.0 Å². The first-order valence-electron chi connectivity index (χ1n) is 5.46. The molecule has 1 heterocycles. The highest BCUT2D eigenvalue weighted by atomic mass is 32.2. The van der Waals surface area contributed by atoms with E-state index in [1.165, 1.54) is 19.2 Å². The van der Waals surface area contributed by atoms with Gasteiger partial charge in [-0.3, -0.25) is 0 Å². The third-order valence-electron chi connectivity index (χ3n) is 2.86. The predicted molar refractivity (Wildman–Crippen MR) is 64.7 cm³/mol. The van der Waals surface area contributed by atoms with E-state index in [-0.39, 0.29) is 29.3 Å². The van der Waals surface area contributed by atoms with Crippen molar-refractivity contribution < 1.29 is 28.2 Å². The Balaban J connectivity index is 2.47. The molecule has 1 saturated heterocycles. The van der Waals surface area contributed by atoms with Gasteiger partial charge in [0, 0.05) is 13.1 Å². The standard InChI is InChI=1S/C11H13NO6S/c1-18-9-3-2-7(11(14)15)4-10(9)19(16,17)12-5-8(13)6-12/h2-4,8,13H,5-6H2,1H3,(H,14,15). The monoisotopic (exact) mass is 287 g/mol. The molecule has 1 fully saturated rings. The van der Waals surface area contributed by atoms with Crippen LogP contribution in [0.1, 0.15) is 10.4 Å². The lowest BCUT2D eigenvalue weighted by Gasteiger charge is -2.34. The Kier molecular flexibility index (Phi) is 3.48. The van der Waals surface area contributed by atoms with Gasteiger partial charge in [-0.05, 0) is 18.2 Å². The molecule has 1 aliphatic rings. The van der Waals surface area contributed by atoms with E-state index in [0.29, 0.717) is 0 Å². The first kappa shape index (κ1) is 13.8. The molecule has 0 radical (unpaired) electrons. The Morgan fingerprint density at radius 2 is 2.05 bits per heavy atom. The number of carboxylic acid groups (broad SMARTS) is 1. The molecule has 0 atom stereocenters. The van der Waals surface area contributed by atoms with Crippen LogP contribution in [0.15, 0.2) is 23.1 Å². The number of β-amino-alcohol motifs (C(OH)–C–C–N with tert-alkyl or cyclic N) is 1. The van der Waals surface area contributed by atoms with E-state index in [0.717, 1.165) is 10.4 Å². The summed E-state index contributed by atoms with van der Waals surface area (Å²) in [5.74, 6) is -1.14. The molecule has 0 aliphatic carbocycles. The maximum Gasteiger partial charge on any atom is 0.335 e. The van der Waals surface area contributed by atoms with Crippen LogP contribution in [0, 0.1) is 0 Å². The van der Waals surface area contributed by atoms with E-state index in [1.54, 1.807) is 0 Å². The number of aromatic carboxylic acids is 1. The Morgan fingerprint density at radius 1 is 1.42 bits per heavy atom. The van der Waals surface area contributed by atoms with E-state index >= 15 is 0 Å². The van der Waals surface area contributed by atoms with Crippen LogP contribution in [0.2, 0.25) is 0 Å². The lowest BCUT2D eigenvalue weighted by molar-refractivity contribution is 0.0546. The summed E-state index contributed by atoms with van der Waals surface area (Å²) < 4.78 is 30.5. The molecule has 1 aliphatic heterocycles. The Bertz CT molecular complexity index is 606. The van der Waals surface area contributed by atoms with Crippen LogP contribution < -0.4 is 4.74 Å². The average molecular weight is 287 g/mol. The van der Waals surface area contributed by atoms with Crippen molar-refractivity contribution in [2.24, 2.45) is 0 Å². The van der Waals surface area contributed by atoms with E-state index < -0.39 is 22.1 Å². The number of hydrogen-bond acceptors (Lipinski definition) is 5. The fraction of sp³-hybridized carbons (Fsp3) is 0.364. The zero-order chi connectivity index (χ0) is 14.2. The Labute approximate surface area is 110 Å². The molecule has 7 nitrogen and oxygen atoms in total. The molecule has 0 unspecified atom stereocenters. The summed E-state index contributed by atoms with van der Waals surface area (Å²) in [7, 11) is -2.54. The number of sulfonamides is 1. The first-order chi connectivity index (χ1) is 8.86. The zero-order valence-corrected chi connectivity index (χ0v) is 10.9. The van der Waals surface area contributed by atoms with Gasteiger partial charge >= 0.3 is 5.97 Å². The van der Waals surface area contributed by atoms with Crippen molar-refractivity contribution in [2.45, 2.75) is 11.0 Å². The summed E-state index contributed by atoms with van der Waals surface area (Å²) in [6, 6.07) is 3.62. The van der Waals surface area contributed by atoms with E-state index in [4.69, 9.17) is 14.9 Å².